The minimum Gasteiger partial charge on any atom is -0.331 e. The van der Waals surface area contributed by atoms with Crippen LogP contribution in [0.15, 0.2) is 48.5 Å². The van der Waals surface area contributed by atoms with Gasteiger partial charge in [0.2, 0.25) is 0 Å². The molecular formula is C19H18F2N2O. The zero-order chi connectivity index (χ0) is 16.7. The average Bonchev–Trinajstić information content (AvgIpc) is 3.18. The van der Waals surface area contributed by atoms with Crippen LogP contribution in [0.1, 0.15) is 22.0 Å². The number of rotatable bonds is 2. The molecule has 3 atom stereocenters. The SMILES string of the molecule is O=C(c1ccc(F)c(F)c1)N1C[C@@H]2CNC[C@@H]2[C@H]1c1ccccc1. The standard InChI is InChI=1S/C19H18F2N2O/c20-16-7-6-13(8-17(16)21)19(24)23-11-14-9-22-10-15(14)18(23)12-4-2-1-3-5-12/h1-8,14-15,18,22H,9-11H2/t14-,15-,18+/m0/s1. The number of benzene rings is 2. The molecule has 0 spiro atoms. The molecule has 1 N–H and O–H groups in total. The monoisotopic (exact) mass is 328 g/mol. The van der Waals surface area contributed by atoms with Gasteiger partial charge in [0.05, 0.1) is 6.04 Å². The van der Waals surface area contributed by atoms with E-state index in [-0.39, 0.29) is 17.5 Å². The summed E-state index contributed by atoms with van der Waals surface area (Å²) in [7, 11) is 0. The van der Waals surface area contributed by atoms with Gasteiger partial charge in [0.15, 0.2) is 11.6 Å². The first-order chi connectivity index (χ1) is 11.6. The molecule has 0 bridgehead atoms. The number of nitrogens with one attached hydrogen (secondary N) is 1. The maximum absolute atomic E-state index is 13.5. The molecule has 0 saturated carbocycles. The lowest BCUT2D eigenvalue weighted by Gasteiger charge is -2.28. The Kier molecular flexibility index (Phi) is 3.81. The van der Waals surface area contributed by atoms with Gasteiger partial charge >= 0.3 is 0 Å². The van der Waals surface area contributed by atoms with Crippen molar-refractivity contribution >= 4 is 5.91 Å². The number of nitrogens with zero attached hydrogens (tertiary/aromatic N) is 1. The second-order valence-electron chi connectivity index (χ2n) is 6.52. The fourth-order valence-corrected chi connectivity index (χ4v) is 4.00. The molecule has 2 heterocycles. The number of likely N-dealkylation sites (tertiary alicyclic amines) is 1. The van der Waals surface area contributed by atoms with E-state index in [1.165, 1.54) is 6.07 Å². The molecule has 0 unspecified atom stereocenters. The molecule has 124 valence electrons. The molecule has 24 heavy (non-hydrogen) atoms. The summed E-state index contributed by atoms with van der Waals surface area (Å²) in [6.07, 6.45) is 0. The van der Waals surface area contributed by atoms with Crippen molar-refractivity contribution in [1.82, 2.24) is 10.2 Å². The second-order valence-corrected chi connectivity index (χ2v) is 6.52. The molecule has 3 nitrogen and oxygen atoms in total. The average molecular weight is 328 g/mol. The Balaban J connectivity index is 1.69. The highest BCUT2D eigenvalue weighted by atomic mass is 19.2. The molecule has 0 radical (unpaired) electrons. The van der Waals surface area contributed by atoms with Gasteiger partial charge in [0.25, 0.3) is 5.91 Å². The van der Waals surface area contributed by atoms with Crippen LogP contribution in [0.2, 0.25) is 0 Å². The molecule has 2 fully saturated rings. The van der Waals surface area contributed by atoms with E-state index in [0.29, 0.717) is 18.4 Å². The topological polar surface area (TPSA) is 32.3 Å². The summed E-state index contributed by atoms with van der Waals surface area (Å²) < 4.78 is 26.7. The lowest BCUT2D eigenvalue weighted by molar-refractivity contribution is 0.0713. The molecule has 0 aromatic heterocycles. The number of fused-ring (bicyclic) bond motifs is 1. The summed E-state index contributed by atoms with van der Waals surface area (Å²) in [6.45, 7) is 2.39. The summed E-state index contributed by atoms with van der Waals surface area (Å²) in [4.78, 5) is 14.8. The van der Waals surface area contributed by atoms with E-state index in [1.807, 2.05) is 35.2 Å². The summed E-state index contributed by atoms with van der Waals surface area (Å²) in [5, 5.41) is 3.39. The molecular weight excluding hydrogens is 310 g/mol. The van der Waals surface area contributed by atoms with Crippen LogP contribution < -0.4 is 5.32 Å². The quantitative estimate of drug-likeness (QED) is 0.919. The number of hydrogen-bond donors (Lipinski definition) is 1. The third kappa shape index (κ3) is 2.49. The van der Waals surface area contributed by atoms with Gasteiger partial charge in [0, 0.05) is 31.1 Å². The number of carbonyl (C=O) groups is 1. The third-order valence-electron chi connectivity index (χ3n) is 5.13. The fraction of sp³-hybridized carbons (Fsp3) is 0.316. The number of amides is 1. The van der Waals surface area contributed by atoms with Crippen LogP contribution in [0.5, 0.6) is 0 Å². The van der Waals surface area contributed by atoms with Crippen molar-refractivity contribution in [2.24, 2.45) is 11.8 Å². The van der Waals surface area contributed by atoms with Gasteiger partial charge in [0.1, 0.15) is 0 Å². The molecule has 5 heteroatoms. The van der Waals surface area contributed by atoms with Crippen LogP contribution in [0.25, 0.3) is 0 Å². The van der Waals surface area contributed by atoms with Gasteiger partial charge in [-0.05, 0) is 29.7 Å². The normalized spacial score (nSPS) is 25.8. The van der Waals surface area contributed by atoms with E-state index in [0.717, 1.165) is 30.8 Å². The van der Waals surface area contributed by atoms with E-state index in [4.69, 9.17) is 0 Å². The maximum atomic E-state index is 13.5. The van der Waals surface area contributed by atoms with Crippen LogP contribution >= 0.6 is 0 Å². The summed E-state index contributed by atoms with van der Waals surface area (Å²) in [6, 6.07) is 13.3. The van der Waals surface area contributed by atoms with Crippen LogP contribution in [0.3, 0.4) is 0 Å². The van der Waals surface area contributed by atoms with Crippen molar-refractivity contribution in [3.05, 3.63) is 71.3 Å². The summed E-state index contributed by atoms with van der Waals surface area (Å²) in [5.41, 5.74) is 1.28. The van der Waals surface area contributed by atoms with E-state index in [1.54, 1.807) is 0 Å². The largest absolute Gasteiger partial charge is 0.331 e. The predicted octanol–water partition coefficient (Wildman–Crippen LogP) is 3.00. The highest BCUT2D eigenvalue weighted by Crippen LogP contribution is 2.43. The Labute approximate surface area is 139 Å². The number of hydrogen-bond acceptors (Lipinski definition) is 2. The number of carbonyl (C=O) groups excluding carboxylic acids is 1. The molecule has 2 aliphatic rings. The van der Waals surface area contributed by atoms with Crippen LogP contribution in [-0.2, 0) is 0 Å². The number of halogens is 2. The van der Waals surface area contributed by atoms with Gasteiger partial charge in [-0.1, -0.05) is 30.3 Å². The van der Waals surface area contributed by atoms with E-state index < -0.39 is 11.6 Å². The van der Waals surface area contributed by atoms with Crippen LogP contribution in [0, 0.1) is 23.5 Å². The van der Waals surface area contributed by atoms with Crippen molar-refractivity contribution in [2.75, 3.05) is 19.6 Å². The molecule has 2 aromatic rings. The van der Waals surface area contributed by atoms with Crippen LogP contribution in [0.4, 0.5) is 8.78 Å². The highest BCUT2D eigenvalue weighted by molar-refractivity contribution is 5.94. The minimum atomic E-state index is -0.988. The van der Waals surface area contributed by atoms with Crippen molar-refractivity contribution in [3.8, 4) is 0 Å². The highest BCUT2D eigenvalue weighted by Gasteiger charge is 2.46. The second kappa shape index (κ2) is 5.98. The molecule has 4 rings (SSSR count). The van der Waals surface area contributed by atoms with E-state index in [2.05, 4.69) is 5.32 Å². The zero-order valence-electron chi connectivity index (χ0n) is 13.1. The van der Waals surface area contributed by atoms with Gasteiger partial charge in [-0.2, -0.15) is 0 Å². The smallest absolute Gasteiger partial charge is 0.254 e. The third-order valence-corrected chi connectivity index (χ3v) is 5.13. The van der Waals surface area contributed by atoms with Crippen molar-refractivity contribution in [1.29, 1.82) is 0 Å². The molecule has 0 aliphatic carbocycles. The summed E-state index contributed by atoms with van der Waals surface area (Å²) >= 11 is 0. The molecule has 2 saturated heterocycles. The van der Waals surface area contributed by atoms with Gasteiger partial charge < -0.3 is 10.2 Å². The predicted molar refractivity (Wildman–Crippen MR) is 86.4 cm³/mol. The minimum absolute atomic E-state index is 0.0354. The zero-order valence-corrected chi connectivity index (χ0v) is 13.1. The first-order valence-corrected chi connectivity index (χ1v) is 8.17. The Morgan fingerprint density at radius 3 is 2.58 bits per heavy atom. The molecule has 1 amide bonds. The van der Waals surface area contributed by atoms with Gasteiger partial charge in [-0.15, -0.1) is 0 Å². The van der Waals surface area contributed by atoms with Gasteiger partial charge in [-0.25, -0.2) is 8.78 Å². The van der Waals surface area contributed by atoms with Crippen LogP contribution in [-0.4, -0.2) is 30.4 Å². The van der Waals surface area contributed by atoms with Crippen molar-refractivity contribution < 1.29 is 13.6 Å². The lowest BCUT2D eigenvalue weighted by Crippen LogP contribution is -2.34. The van der Waals surface area contributed by atoms with Crippen molar-refractivity contribution in [3.63, 3.8) is 0 Å². The van der Waals surface area contributed by atoms with E-state index in [9.17, 15) is 13.6 Å². The Morgan fingerprint density at radius 1 is 1.04 bits per heavy atom. The van der Waals surface area contributed by atoms with Crippen molar-refractivity contribution in [2.45, 2.75) is 6.04 Å². The first-order valence-electron chi connectivity index (χ1n) is 8.17. The molecule has 2 aliphatic heterocycles. The lowest BCUT2D eigenvalue weighted by atomic mass is 9.89. The van der Waals surface area contributed by atoms with Gasteiger partial charge in [-0.3, -0.25) is 4.79 Å². The fourth-order valence-electron chi connectivity index (χ4n) is 4.00. The maximum Gasteiger partial charge on any atom is 0.254 e. The Hall–Kier alpha value is -2.27. The van der Waals surface area contributed by atoms with E-state index >= 15 is 0 Å². The first kappa shape index (κ1) is 15.3. The summed E-state index contributed by atoms with van der Waals surface area (Å²) in [5.74, 6) is -1.42. The molecule has 2 aromatic carbocycles. The Morgan fingerprint density at radius 2 is 1.83 bits per heavy atom. The Bertz CT molecular complexity index is 765.